The van der Waals surface area contributed by atoms with Crippen molar-refractivity contribution < 1.29 is 24.5 Å². The zero-order valence-electron chi connectivity index (χ0n) is 10.5. The van der Waals surface area contributed by atoms with E-state index in [2.05, 4.69) is 17.1 Å². The molecule has 0 N–H and O–H groups in total. The van der Waals surface area contributed by atoms with Gasteiger partial charge in [-0.2, -0.15) is 0 Å². The minimum absolute atomic E-state index is 0. The van der Waals surface area contributed by atoms with E-state index in [0.29, 0.717) is 0 Å². The van der Waals surface area contributed by atoms with Gasteiger partial charge in [0, 0.05) is 31.7 Å². The molecule has 0 bridgehead atoms. The molecule has 0 spiro atoms. The molecule has 4 aromatic rings. The molecular formula is C17H10IrNO-. The van der Waals surface area contributed by atoms with Gasteiger partial charge < -0.3 is 9.40 Å². The molecule has 4 rings (SSSR count). The summed E-state index contributed by atoms with van der Waals surface area (Å²) < 4.78 is 5.97. The van der Waals surface area contributed by atoms with Crippen LogP contribution in [-0.4, -0.2) is 4.98 Å². The van der Waals surface area contributed by atoms with Gasteiger partial charge in [-0.1, -0.05) is 41.3 Å². The Labute approximate surface area is 129 Å². The molecule has 2 aromatic heterocycles. The fourth-order valence-electron chi connectivity index (χ4n) is 2.39. The Morgan fingerprint density at radius 2 is 1.75 bits per heavy atom. The molecule has 0 aliphatic heterocycles. The molecule has 0 amide bonds. The van der Waals surface area contributed by atoms with Crippen molar-refractivity contribution in [3.05, 3.63) is 66.9 Å². The van der Waals surface area contributed by atoms with Gasteiger partial charge in [0.05, 0.1) is 5.58 Å². The smallest absolute Gasteiger partial charge is 0.120 e. The van der Waals surface area contributed by atoms with Crippen LogP contribution in [0.5, 0.6) is 0 Å². The molecule has 3 heteroatoms. The average Bonchev–Trinajstić information content (AvgIpc) is 2.87. The van der Waals surface area contributed by atoms with Crippen LogP contribution in [0.1, 0.15) is 0 Å². The summed E-state index contributed by atoms with van der Waals surface area (Å²) in [4.78, 5) is 4.38. The first-order valence-corrected chi connectivity index (χ1v) is 6.17. The number of furan rings is 1. The maximum atomic E-state index is 5.97. The SMILES string of the molecule is [Ir].[c-]1ccc2c(oc3ccccc32)c1-c1ccccn1. The van der Waals surface area contributed by atoms with E-state index >= 15 is 0 Å². The summed E-state index contributed by atoms with van der Waals surface area (Å²) in [6.45, 7) is 0. The van der Waals surface area contributed by atoms with Crippen LogP contribution in [0.15, 0.2) is 65.2 Å². The van der Waals surface area contributed by atoms with Crippen LogP contribution in [0.2, 0.25) is 0 Å². The predicted octanol–water partition coefficient (Wildman–Crippen LogP) is 4.45. The second kappa shape index (κ2) is 5.20. The van der Waals surface area contributed by atoms with Crippen molar-refractivity contribution in [3.8, 4) is 11.3 Å². The third-order valence-electron chi connectivity index (χ3n) is 3.26. The monoisotopic (exact) mass is 437 g/mol. The standard InChI is InChI=1S/C17H10NO.Ir/c1-2-10-16-12(6-1)13-7-5-8-14(17(13)19-16)15-9-3-4-11-18-15;/h1-7,9-11H;/q-1;. The molecule has 0 unspecified atom stereocenters. The molecule has 99 valence electrons. The molecule has 1 radical (unpaired) electrons. The van der Waals surface area contributed by atoms with Crippen molar-refractivity contribution in [2.75, 3.05) is 0 Å². The van der Waals surface area contributed by atoms with Crippen LogP contribution in [0, 0.1) is 6.07 Å². The van der Waals surface area contributed by atoms with Gasteiger partial charge in [-0.3, -0.25) is 0 Å². The molecule has 2 aromatic carbocycles. The largest absolute Gasteiger partial charge is 0.501 e. The second-order valence-electron chi connectivity index (χ2n) is 4.41. The Hall–Kier alpha value is -1.96. The van der Waals surface area contributed by atoms with Gasteiger partial charge in [-0.15, -0.1) is 18.2 Å². The number of para-hydroxylation sites is 1. The molecule has 20 heavy (non-hydrogen) atoms. The minimum atomic E-state index is 0. The van der Waals surface area contributed by atoms with Crippen molar-refractivity contribution in [3.63, 3.8) is 0 Å². The Morgan fingerprint density at radius 3 is 2.60 bits per heavy atom. The second-order valence-corrected chi connectivity index (χ2v) is 4.41. The van der Waals surface area contributed by atoms with E-state index in [9.17, 15) is 0 Å². The molecule has 0 aliphatic carbocycles. The first-order chi connectivity index (χ1) is 9.43. The van der Waals surface area contributed by atoms with Crippen LogP contribution in [0.25, 0.3) is 33.2 Å². The van der Waals surface area contributed by atoms with Gasteiger partial charge >= 0.3 is 0 Å². The number of aromatic nitrogens is 1. The summed E-state index contributed by atoms with van der Waals surface area (Å²) in [5.74, 6) is 0. The molecule has 0 saturated heterocycles. The molecular weight excluding hydrogens is 426 g/mol. The van der Waals surface area contributed by atoms with Crippen molar-refractivity contribution >= 4 is 21.9 Å². The number of pyridine rings is 1. The van der Waals surface area contributed by atoms with Crippen LogP contribution in [-0.2, 0) is 20.1 Å². The number of benzene rings is 2. The van der Waals surface area contributed by atoms with Gasteiger partial charge in [0.1, 0.15) is 5.58 Å². The van der Waals surface area contributed by atoms with E-state index in [1.54, 1.807) is 6.20 Å². The third kappa shape index (κ3) is 1.96. The van der Waals surface area contributed by atoms with E-state index in [1.165, 1.54) is 0 Å². The first kappa shape index (κ1) is 13.0. The van der Waals surface area contributed by atoms with Crippen LogP contribution in [0.4, 0.5) is 0 Å². The van der Waals surface area contributed by atoms with E-state index in [-0.39, 0.29) is 20.1 Å². The van der Waals surface area contributed by atoms with E-state index < -0.39 is 0 Å². The summed E-state index contributed by atoms with van der Waals surface area (Å²) in [5, 5.41) is 2.23. The number of hydrogen-bond acceptors (Lipinski definition) is 2. The summed E-state index contributed by atoms with van der Waals surface area (Å²) >= 11 is 0. The van der Waals surface area contributed by atoms with Crippen LogP contribution < -0.4 is 0 Å². The Bertz CT molecular complexity index is 868. The Kier molecular flexibility index (Phi) is 3.39. The van der Waals surface area contributed by atoms with Gasteiger partial charge in [0.25, 0.3) is 0 Å². The summed E-state index contributed by atoms with van der Waals surface area (Å²) in [6.07, 6.45) is 1.78. The third-order valence-corrected chi connectivity index (χ3v) is 3.26. The molecule has 0 saturated carbocycles. The topological polar surface area (TPSA) is 26.0 Å². The molecule has 0 fully saturated rings. The van der Waals surface area contributed by atoms with Crippen molar-refractivity contribution in [2.24, 2.45) is 0 Å². The van der Waals surface area contributed by atoms with Gasteiger partial charge in [-0.25, -0.2) is 0 Å². The Balaban J connectivity index is 0.00000121. The number of rotatable bonds is 1. The van der Waals surface area contributed by atoms with Gasteiger partial charge in [-0.05, 0) is 17.8 Å². The number of nitrogens with zero attached hydrogens (tertiary/aromatic N) is 1. The molecule has 2 heterocycles. The average molecular weight is 436 g/mol. The summed E-state index contributed by atoms with van der Waals surface area (Å²) in [5.41, 5.74) is 3.54. The van der Waals surface area contributed by atoms with Crippen molar-refractivity contribution in [1.29, 1.82) is 0 Å². The quantitative estimate of drug-likeness (QED) is 0.412. The number of fused-ring (bicyclic) bond motifs is 3. The van der Waals surface area contributed by atoms with Crippen LogP contribution in [0.3, 0.4) is 0 Å². The zero-order valence-corrected chi connectivity index (χ0v) is 12.9. The van der Waals surface area contributed by atoms with Gasteiger partial charge in [0.2, 0.25) is 0 Å². The molecule has 0 atom stereocenters. The maximum absolute atomic E-state index is 5.97. The Morgan fingerprint density at radius 1 is 0.900 bits per heavy atom. The summed E-state index contributed by atoms with van der Waals surface area (Å²) in [7, 11) is 0. The van der Waals surface area contributed by atoms with Crippen molar-refractivity contribution in [1.82, 2.24) is 4.98 Å². The normalized spacial score (nSPS) is 10.6. The van der Waals surface area contributed by atoms with E-state index in [0.717, 1.165) is 33.2 Å². The van der Waals surface area contributed by atoms with Crippen molar-refractivity contribution in [2.45, 2.75) is 0 Å². The molecule has 0 aliphatic rings. The first-order valence-electron chi connectivity index (χ1n) is 6.17. The van der Waals surface area contributed by atoms with E-state index in [4.69, 9.17) is 4.42 Å². The summed E-state index contributed by atoms with van der Waals surface area (Å²) in [6, 6.07) is 21.1. The molecule has 2 nitrogen and oxygen atoms in total. The zero-order chi connectivity index (χ0) is 12.7. The fourth-order valence-corrected chi connectivity index (χ4v) is 2.39. The maximum Gasteiger partial charge on any atom is 0.120 e. The minimum Gasteiger partial charge on any atom is -0.501 e. The predicted molar refractivity (Wildman–Crippen MR) is 75.8 cm³/mol. The van der Waals surface area contributed by atoms with Gasteiger partial charge in [0.15, 0.2) is 0 Å². The van der Waals surface area contributed by atoms with E-state index in [1.807, 2.05) is 48.5 Å². The number of hydrogen-bond donors (Lipinski definition) is 0. The fraction of sp³-hybridized carbons (Fsp3) is 0. The van der Waals surface area contributed by atoms with Crippen LogP contribution >= 0.6 is 0 Å².